The maximum atomic E-state index is 12.5. The average molecular weight is 434 g/mol. The monoisotopic (exact) mass is 433 g/mol. The van der Waals surface area contributed by atoms with E-state index in [9.17, 15) is 4.79 Å². The Balaban J connectivity index is 1.45. The third-order valence-corrected chi connectivity index (χ3v) is 5.31. The minimum absolute atomic E-state index is 0.00169. The zero-order chi connectivity index (χ0) is 21.6. The lowest BCUT2D eigenvalue weighted by Crippen LogP contribution is -2.23. The fourth-order valence-corrected chi connectivity index (χ4v) is 3.64. The highest BCUT2D eigenvalue weighted by atomic mass is 35.5. The molecule has 0 aliphatic carbocycles. The van der Waals surface area contributed by atoms with E-state index in [0.717, 1.165) is 33.9 Å². The minimum atomic E-state index is 0.00169. The highest BCUT2D eigenvalue weighted by molar-refractivity contribution is 6.30. The molecule has 0 fully saturated rings. The number of pyridine rings is 1. The van der Waals surface area contributed by atoms with Gasteiger partial charge in [0.25, 0.3) is 0 Å². The van der Waals surface area contributed by atoms with Gasteiger partial charge >= 0.3 is 0 Å². The molecule has 158 valence electrons. The number of fused-ring (bicyclic) bond motifs is 1. The molecule has 1 N–H and O–H groups in total. The van der Waals surface area contributed by atoms with Gasteiger partial charge in [-0.05, 0) is 55.3 Å². The summed E-state index contributed by atoms with van der Waals surface area (Å²) in [4.78, 5) is 17.3. The van der Waals surface area contributed by atoms with E-state index < -0.39 is 0 Å². The number of carbonyl (C=O) groups excluding carboxylic acids is 1. The second-order valence-corrected chi connectivity index (χ2v) is 7.63. The minimum Gasteiger partial charge on any atom is -0.494 e. The summed E-state index contributed by atoms with van der Waals surface area (Å²) >= 11 is 6.04. The Bertz CT molecular complexity index is 1170. The van der Waals surface area contributed by atoms with Gasteiger partial charge in [-0.25, -0.2) is 4.98 Å². The molecular formula is C25H24ClN3O2. The molecule has 0 radical (unpaired) electrons. The van der Waals surface area contributed by atoms with Crippen LogP contribution in [0.3, 0.4) is 0 Å². The van der Waals surface area contributed by atoms with E-state index in [1.807, 2.05) is 84.3 Å². The summed E-state index contributed by atoms with van der Waals surface area (Å²) in [5.41, 5.74) is 4.76. The van der Waals surface area contributed by atoms with Gasteiger partial charge in [0.05, 0.1) is 18.0 Å². The van der Waals surface area contributed by atoms with Crippen molar-refractivity contribution in [2.75, 3.05) is 6.61 Å². The first-order valence-electron chi connectivity index (χ1n) is 10.3. The number of amides is 1. The highest BCUT2D eigenvalue weighted by Crippen LogP contribution is 2.26. The Morgan fingerprint density at radius 2 is 1.84 bits per heavy atom. The molecule has 2 aromatic carbocycles. The lowest BCUT2D eigenvalue weighted by atomic mass is 10.1. The lowest BCUT2D eigenvalue weighted by Gasteiger charge is -2.08. The van der Waals surface area contributed by atoms with Crippen molar-refractivity contribution in [1.82, 2.24) is 14.7 Å². The van der Waals surface area contributed by atoms with Crippen LogP contribution in [0.5, 0.6) is 5.75 Å². The van der Waals surface area contributed by atoms with Crippen molar-refractivity contribution in [2.45, 2.75) is 26.3 Å². The number of aromatic nitrogens is 2. The molecule has 5 nitrogen and oxygen atoms in total. The van der Waals surface area contributed by atoms with Gasteiger partial charge in [-0.1, -0.05) is 41.9 Å². The summed E-state index contributed by atoms with van der Waals surface area (Å²) in [6, 6.07) is 21.3. The summed E-state index contributed by atoms with van der Waals surface area (Å²) in [6.07, 6.45) is 2.94. The summed E-state index contributed by atoms with van der Waals surface area (Å²) in [7, 11) is 0. The van der Waals surface area contributed by atoms with Gasteiger partial charge < -0.3 is 14.5 Å². The maximum Gasteiger partial charge on any atom is 0.220 e. The van der Waals surface area contributed by atoms with E-state index in [4.69, 9.17) is 21.3 Å². The van der Waals surface area contributed by atoms with Gasteiger partial charge in [-0.2, -0.15) is 0 Å². The Hall–Kier alpha value is -3.31. The lowest BCUT2D eigenvalue weighted by molar-refractivity contribution is -0.121. The van der Waals surface area contributed by atoms with Crippen molar-refractivity contribution in [2.24, 2.45) is 0 Å². The molecule has 0 unspecified atom stereocenters. The number of hydrogen-bond donors (Lipinski definition) is 1. The van der Waals surface area contributed by atoms with Crippen LogP contribution in [-0.2, 0) is 17.8 Å². The van der Waals surface area contributed by atoms with E-state index >= 15 is 0 Å². The van der Waals surface area contributed by atoms with Gasteiger partial charge in [-0.15, -0.1) is 0 Å². The normalized spacial score (nSPS) is 10.9. The summed E-state index contributed by atoms with van der Waals surface area (Å²) in [5.74, 6) is 0.835. The Morgan fingerprint density at radius 1 is 1.06 bits per heavy atom. The van der Waals surface area contributed by atoms with Gasteiger partial charge in [0, 0.05) is 29.7 Å². The van der Waals surface area contributed by atoms with Crippen LogP contribution in [0.1, 0.15) is 24.6 Å². The predicted molar refractivity (Wildman–Crippen MR) is 123 cm³/mol. The number of nitrogens with one attached hydrogen (secondary N) is 1. The zero-order valence-corrected chi connectivity index (χ0v) is 18.1. The number of aryl methyl sites for hydroxylation is 1. The Kier molecular flexibility index (Phi) is 6.53. The molecule has 2 aromatic heterocycles. The van der Waals surface area contributed by atoms with Gasteiger partial charge in [0.2, 0.25) is 5.91 Å². The van der Waals surface area contributed by atoms with Crippen molar-refractivity contribution in [3.8, 4) is 17.0 Å². The first-order chi connectivity index (χ1) is 15.1. The number of nitrogens with zero attached hydrogens (tertiary/aromatic N) is 2. The number of ether oxygens (including phenoxy) is 1. The zero-order valence-electron chi connectivity index (χ0n) is 17.3. The van der Waals surface area contributed by atoms with Crippen LogP contribution in [0, 0.1) is 0 Å². The molecular weight excluding hydrogens is 410 g/mol. The quantitative estimate of drug-likeness (QED) is 0.410. The second-order valence-electron chi connectivity index (χ2n) is 7.20. The number of rotatable bonds is 8. The standard InChI is InChI=1S/C25H24ClN3O2/c1-2-31-21-12-6-18(7-13-21)17-27-24(30)15-14-22-25(19-8-10-20(26)11-9-19)28-23-5-3-4-16-29(22)23/h3-13,16H,2,14-15,17H2,1H3,(H,27,30). The van der Waals surface area contributed by atoms with Crippen molar-refractivity contribution < 1.29 is 9.53 Å². The molecule has 0 bridgehead atoms. The van der Waals surface area contributed by atoms with Crippen LogP contribution in [-0.4, -0.2) is 21.9 Å². The van der Waals surface area contributed by atoms with E-state index in [2.05, 4.69) is 5.32 Å². The number of imidazole rings is 1. The van der Waals surface area contributed by atoms with Crippen LogP contribution >= 0.6 is 11.6 Å². The molecule has 0 atom stereocenters. The van der Waals surface area contributed by atoms with E-state index in [-0.39, 0.29) is 5.91 Å². The molecule has 31 heavy (non-hydrogen) atoms. The van der Waals surface area contributed by atoms with Crippen molar-refractivity contribution in [1.29, 1.82) is 0 Å². The van der Waals surface area contributed by atoms with Gasteiger partial charge in [-0.3, -0.25) is 4.79 Å². The average Bonchev–Trinajstić information content (AvgIpc) is 3.16. The van der Waals surface area contributed by atoms with E-state index in [0.29, 0.717) is 31.0 Å². The fraction of sp³-hybridized carbons (Fsp3) is 0.200. The van der Waals surface area contributed by atoms with Crippen LogP contribution in [0.4, 0.5) is 0 Å². The van der Waals surface area contributed by atoms with Crippen LogP contribution in [0.25, 0.3) is 16.9 Å². The molecule has 0 aliphatic heterocycles. The maximum absolute atomic E-state index is 12.5. The molecule has 1 amide bonds. The second kappa shape index (κ2) is 9.67. The molecule has 0 aliphatic rings. The molecule has 0 saturated carbocycles. The van der Waals surface area contributed by atoms with Crippen LogP contribution < -0.4 is 10.1 Å². The van der Waals surface area contributed by atoms with Gasteiger partial charge in [0.1, 0.15) is 11.4 Å². The highest BCUT2D eigenvalue weighted by Gasteiger charge is 2.15. The number of hydrogen-bond acceptors (Lipinski definition) is 3. The predicted octanol–water partition coefficient (Wildman–Crippen LogP) is 5.30. The Labute approximate surface area is 186 Å². The van der Waals surface area contributed by atoms with Crippen molar-refractivity contribution >= 4 is 23.2 Å². The smallest absolute Gasteiger partial charge is 0.220 e. The first-order valence-corrected chi connectivity index (χ1v) is 10.7. The summed E-state index contributed by atoms with van der Waals surface area (Å²) in [5, 5.41) is 3.68. The van der Waals surface area contributed by atoms with E-state index in [1.54, 1.807) is 0 Å². The molecule has 0 spiro atoms. The van der Waals surface area contributed by atoms with Crippen molar-refractivity contribution in [3.05, 3.63) is 89.2 Å². The Morgan fingerprint density at radius 3 is 2.58 bits per heavy atom. The fourth-order valence-electron chi connectivity index (χ4n) is 3.52. The summed E-state index contributed by atoms with van der Waals surface area (Å²) in [6.45, 7) is 3.08. The molecule has 4 aromatic rings. The largest absolute Gasteiger partial charge is 0.494 e. The summed E-state index contributed by atoms with van der Waals surface area (Å²) < 4.78 is 7.50. The molecule has 0 saturated heterocycles. The number of carbonyl (C=O) groups is 1. The third-order valence-electron chi connectivity index (χ3n) is 5.06. The number of halogens is 1. The molecule has 6 heteroatoms. The van der Waals surface area contributed by atoms with Crippen LogP contribution in [0.2, 0.25) is 5.02 Å². The van der Waals surface area contributed by atoms with Crippen LogP contribution in [0.15, 0.2) is 72.9 Å². The SMILES string of the molecule is CCOc1ccc(CNC(=O)CCc2c(-c3ccc(Cl)cc3)nc3ccccn23)cc1. The third kappa shape index (κ3) is 5.06. The number of benzene rings is 2. The molecule has 4 rings (SSSR count). The molecule has 2 heterocycles. The first kappa shape index (κ1) is 20.9. The van der Waals surface area contributed by atoms with Gasteiger partial charge in [0.15, 0.2) is 0 Å². The van der Waals surface area contributed by atoms with Crippen molar-refractivity contribution in [3.63, 3.8) is 0 Å². The van der Waals surface area contributed by atoms with E-state index in [1.165, 1.54) is 0 Å². The topological polar surface area (TPSA) is 55.6 Å².